The maximum absolute atomic E-state index is 12.4. The molecule has 0 aliphatic heterocycles. The molecule has 0 heterocycles. The highest BCUT2D eigenvalue weighted by molar-refractivity contribution is 6.74. The van der Waals surface area contributed by atoms with Crippen molar-refractivity contribution in [2.45, 2.75) is 71.1 Å². The van der Waals surface area contributed by atoms with Crippen molar-refractivity contribution in [3.05, 3.63) is 329 Å². The molecular formula is C72H59Cl16N5O8Si. The smallest absolute Gasteiger partial charge is 0.297 e. The van der Waals surface area contributed by atoms with Crippen molar-refractivity contribution in [1.82, 2.24) is 0 Å². The van der Waals surface area contributed by atoms with Crippen LogP contribution < -0.4 is 5.73 Å². The highest BCUT2D eigenvalue weighted by Gasteiger charge is 2.37. The van der Waals surface area contributed by atoms with Gasteiger partial charge in [-0.05, 0) is 233 Å². The molecule has 9 rings (SSSR count). The largest absolute Gasteiger partial charge is 0.413 e. The van der Waals surface area contributed by atoms with Crippen LogP contribution in [0.15, 0.2) is 175 Å². The van der Waals surface area contributed by atoms with E-state index in [0.29, 0.717) is 90.2 Å². The Morgan fingerprint density at radius 3 is 1.00 bits per heavy atom. The molecule has 0 aliphatic rings. The maximum atomic E-state index is 12.4. The quantitative estimate of drug-likeness (QED) is 0.0123. The summed E-state index contributed by atoms with van der Waals surface area (Å²) in [4.78, 5) is 62.6. The van der Waals surface area contributed by atoms with Gasteiger partial charge in [0.2, 0.25) is 0 Å². The van der Waals surface area contributed by atoms with E-state index < -0.39 is 19.5 Å². The Morgan fingerprint density at radius 2 is 0.745 bits per heavy atom. The third-order valence-electron chi connectivity index (χ3n) is 13.7. The Bertz CT molecular complexity index is 4240. The van der Waals surface area contributed by atoms with Gasteiger partial charge >= 0.3 is 0 Å². The number of ketones is 3. The molecule has 0 fully saturated rings. The van der Waals surface area contributed by atoms with Crippen LogP contribution in [0, 0.1) is 6.57 Å². The average Bonchev–Trinajstić information content (AvgIpc) is 0.822. The molecule has 0 unspecified atom stereocenters. The molecule has 102 heavy (non-hydrogen) atoms. The van der Waals surface area contributed by atoms with E-state index in [1.165, 1.54) is 12.1 Å². The molecule has 0 saturated heterocycles. The minimum Gasteiger partial charge on any atom is -0.413 e. The minimum atomic E-state index is -1.71. The molecule has 4 N–H and O–H groups in total. The van der Waals surface area contributed by atoms with Gasteiger partial charge in [0.25, 0.3) is 17.7 Å². The molecule has 0 aliphatic carbocycles. The van der Waals surface area contributed by atoms with Gasteiger partial charge in [0, 0.05) is 73.2 Å². The first-order chi connectivity index (χ1) is 47.9. The summed E-state index contributed by atoms with van der Waals surface area (Å²) in [5.74, 6) is -1.10. The summed E-state index contributed by atoms with van der Waals surface area (Å²) in [5, 5.41) is 27.0. The Labute approximate surface area is 671 Å². The van der Waals surface area contributed by atoms with Gasteiger partial charge in [-0.25, -0.2) is 6.57 Å². The Balaban J connectivity index is 0.000000318. The van der Waals surface area contributed by atoms with Gasteiger partial charge in [-0.15, -0.1) is 11.6 Å². The van der Waals surface area contributed by atoms with Gasteiger partial charge in [-0.2, -0.15) is 0 Å². The fourth-order valence-electron chi connectivity index (χ4n) is 7.67. The zero-order chi connectivity index (χ0) is 76.8. The van der Waals surface area contributed by atoms with E-state index in [-0.39, 0.29) is 91.4 Å². The van der Waals surface area contributed by atoms with Crippen LogP contribution in [-0.4, -0.2) is 53.6 Å². The van der Waals surface area contributed by atoms with E-state index in [1.54, 1.807) is 146 Å². The second kappa shape index (κ2) is 45.2. The van der Waals surface area contributed by atoms with Crippen LogP contribution in [0.5, 0.6) is 0 Å². The summed E-state index contributed by atoms with van der Waals surface area (Å²) < 4.78 is 6.11. The molecule has 0 radical (unpaired) electrons. The summed E-state index contributed by atoms with van der Waals surface area (Å²) >= 11 is 93.5. The molecule has 0 spiro atoms. The number of primary amides is 1. The van der Waals surface area contributed by atoms with Crippen LogP contribution >= 0.6 is 186 Å². The summed E-state index contributed by atoms with van der Waals surface area (Å²) in [5.41, 5.74) is 19.1. The number of aliphatic hydroxyl groups is 2. The number of benzene rings is 9. The number of carbonyl (C=O) groups excluding carboxylic acids is 5. The summed E-state index contributed by atoms with van der Waals surface area (Å²) in [6.45, 7) is 17.5. The first-order valence-corrected chi connectivity index (χ1v) is 38.2. The van der Waals surface area contributed by atoms with Crippen LogP contribution in [0.25, 0.3) is 15.3 Å². The number of hydrogen-bond donors (Lipinski definition) is 3. The Morgan fingerprint density at radius 1 is 0.461 bits per heavy atom. The van der Waals surface area contributed by atoms with E-state index in [4.69, 9.17) is 212 Å². The SMILES string of the molecule is CC(C)(C)[Si](C)(C)OCc1cc(Cl)cc(Cl)c1.O=C(Cl)c1ccc(Cl)cc1.O=C(c1ccc(Cl)cc1)c1c(Cl)cc(CCl)cc1Cl.O=C(c1ccc(Cl)cc1)c1c(Cl)cc(CO)cc1Cl.OCc1cc(Cl)cc(Cl)c1.[C-]#[N+]CC(N)=O.[N-]=[N+]=NCc1cc(Cl)c(C(=O)c2ccc(Cl)cc2)c(Cl)c1. The third-order valence-corrected chi connectivity index (χ3v) is 22.4. The lowest BCUT2D eigenvalue weighted by molar-refractivity contribution is -0.116. The van der Waals surface area contributed by atoms with Crippen molar-refractivity contribution in [3.63, 3.8) is 0 Å². The number of nitrogens with two attached hydrogens (primary N) is 1. The van der Waals surface area contributed by atoms with E-state index >= 15 is 0 Å². The predicted molar refractivity (Wildman–Crippen MR) is 426 cm³/mol. The fourth-order valence-corrected chi connectivity index (χ4v) is 12.7. The third kappa shape index (κ3) is 31.4. The molecule has 30 heteroatoms. The zero-order valence-corrected chi connectivity index (χ0v) is 67.3. The number of azide groups is 1. The van der Waals surface area contributed by atoms with E-state index in [2.05, 4.69) is 54.5 Å². The van der Waals surface area contributed by atoms with Crippen LogP contribution in [0.3, 0.4) is 0 Å². The van der Waals surface area contributed by atoms with Gasteiger partial charge in [0.05, 0.1) is 73.2 Å². The molecule has 9 aromatic carbocycles. The average molecular weight is 1720 g/mol. The van der Waals surface area contributed by atoms with E-state index in [0.717, 1.165) is 16.7 Å². The lowest BCUT2D eigenvalue weighted by atomic mass is 10.0. The lowest BCUT2D eigenvalue weighted by Gasteiger charge is -2.36. The van der Waals surface area contributed by atoms with E-state index in [9.17, 15) is 24.0 Å². The standard InChI is InChI=1S/C14H8Cl4O.C14H8Cl3N3O.C14H9Cl3O2.C13H20Cl2OSi.C7H6Cl2O.C7H4Cl2O.C3H4N2O/c15-7-8-5-11(17)13(12(18)6-8)14(19)9-1-3-10(16)4-2-9;15-10-3-1-9(2-4-10)14(21)13-11(16)5-8(6-12(13)17)7-19-20-18;15-10-3-1-9(2-4-10)14(19)13-11(16)5-8(7-18)6-12(13)17;1-13(2,3)17(4,5)16-9-10-6-11(14)8-12(15)7-10;8-6-1-5(4-10)2-7(9)3-6;8-6-3-1-5(2-4-6)7(9)10;1-5-2-3(4)6/h1-6H,7H2;1-6H,7H2;1-6,18H,7H2;6-8H,9H2,1-5H3;1-3,10H,4H2;1-4H;2H2,(H2,4,6). The van der Waals surface area contributed by atoms with E-state index in [1.807, 2.05) is 12.1 Å². The predicted octanol–water partition coefficient (Wildman–Crippen LogP) is 25.8. The number of rotatable bonds is 16. The number of nitrogens with zero attached hydrogens (tertiary/aromatic N) is 4. The van der Waals surface area contributed by atoms with Crippen molar-refractivity contribution >= 4 is 222 Å². The highest BCUT2D eigenvalue weighted by Crippen LogP contribution is 2.38. The second-order valence-corrected chi connectivity index (χ2v) is 33.7. The molecular weight excluding hydrogens is 1660 g/mol. The first-order valence-electron chi connectivity index (χ1n) is 29.1. The Hall–Kier alpha value is -5.33. The van der Waals surface area contributed by atoms with Gasteiger partial charge in [0.15, 0.2) is 25.7 Å². The topological polar surface area (TPSA) is 214 Å². The number of halogens is 16. The van der Waals surface area contributed by atoms with Crippen molar-refractivity contribution in [2.24, 2.45) is 10.8 Å². The van der Waals surface area contributed by atoms with Gasteiger partial charge in [0.1, 0.15) is 0 Å². The molecule has 0 atom stereocenters. The van der Waals surface area contributed by atoms with Gasteiger partial charge in [-0.3, -0.25) is 24.0 Å². The molecule has 13 nitrogen and oxygen atoms in total. The summed E-state index contributed by atoms with van der Waals surface area (Å²) in [7, 11) is -1.71. The number of aliphatic hydroxyl groups excluding tert-OH is 2. The molecule has 1 amide bonds. The van der Waals surface area contributed by atoms with Crippen molar-refractivity contribution in [3.8, 4) is 0 Å². The number of alkyl halides is 1. The highest BCUT2D eigenvalue weighted by atomic mass is 35.5. The van der Waals surface area contributed by atoms with Crippen LogP contribution in [0.1, 0.15) is 107 Å². The molecule has 0 bridgehead atoms. The normalized spacial score (nSPS) is 10.4. The number of hydrogen-bond acceptors (Lipinski definition) is 9. The van der Waals surface area contributed by atoms with Crippen LogP contribution in [-0.2, 0) is 41.5 Å². The second-order valence-electron chi connectivity index (χ2n) is 22.3. The molecule has 9 aromatic rings. The molecule has 536 valence electrons. The minimum absolute atomic E-state index is 0.0275. The van der Waals surface area contributed by atoms with Gasteiger partial charge in [-0.1, -0.05) is 188 Å². The maximum Gasteiger partial charge on any atom is 0.297 e. The van der Waals surface area contributed by atoms with Crippen LogP contribution in [0.4, 0.5) is 0 Å². The lowest BCUT2D eigenvalue weighted by Crippen LogP contribution is -2.40. The Kier molecular flexibility index (Phi) is 40.3. The molecule has 0 saturated carbocycles. The summed E-state index contributed by atoms with van der Waals surface area (Å²) in [6.07, 6.45) is 0. The monoisotopic (exact) mass is 1710 g/mol. The number of amides is 1. The first kappa shape index (κ1) is 90.9. The summed E-state index contributed by atoms with van der Waals surface area (Å²) in [6, 6.07) is 45.8. The van der Waals surface area contributed by atoms with Crippen LogP contribution in [0.2, 0.25) is 88.4 Å². The van der Waals surface area contributed by atoms with Crippen molar-refractivity contribution < 1.29 is 38.6 Å². The fraction of sp³-hybridized carbons (Fsp3) is 0.167. The molecule has 0 aromatic heterocycles. The number of carbonyl (C=O) groups is 5. The van der Waals surface area contributed by atoms with Gasteiger partial charge < -0.3 is 25.2 Å². The zero-order valence-electron chi connectivity index (χ0n) is 54.2. The van der Waals surface area contributed by atoms with Crippen molar-refractivity contribution in [2.75, 3.05) is 6.54 Å². The van der Waals surface area contributed by atoms with Crippen molar-refractivity contribution in [1.29, 1.82) is 0 Å².